The normalized spacial score (nSPS) is 13.4. The lowest BCUT2D eigenvalue weighted by molar-refractivity contribution is -0.132. The number of nitriles is 1. The van der Waals surface area contributed by atoms with Crippen molar-refractivity contribution in [2.75, 3.05) is 0 Å². The fourth-order valence-electron chi connectivity index (χ4n) is 0.614. The predicted molar refractivity (Wildman–Crippen MR) is 44.3 cm³/mol. The maximum Gasteiger partial charge on any atom is 0.289 e. The molecule has 0 amide bonds. The Balaban J connectivity index is 4.23. The van der Waals surface area contributed by atoms with Crippen molar-refractivity contribution in [1.82, 2.24) is 0 Å². The van der Waals surface area contributed by atoms with E-state index >= 15 is 0 Å². The molecule has 0 radical (unpaired) electrons. The monoisotopic (exact) mass is 171 g/mol. The molecule has 0 heterocycles. The molecule has 0 aliphatic heterocycles. The van der Waals surface area contributed by atoms with Crippen molar-refractivity contribution in [2.45, 2.75) is 32.5 Å². The predicted octanol–water partition coefficient (Wildman–Crippen LogP) is 1.67. The van der Waals surface area contributed by atoms with E-state index in [0.717, 1.165) is 0 Å². The minimum atomic E-state index is -2.08. The summed E-state index contributed by atoms with van der Waals surface area (Å²) in [6.45, 7) is 6.89. The summed E-state index contributed by atoms with van der Waals surface area (Å²) in [5.74, 6) is -0.288. The molecule has 4 heteroatoms. The van der Waals surface area contributed by atoms with Crippen LogP contribution in [0.2, 0.25) is 18.6 Å². The molecule has 0 N–H and O–H groups in total. The number of rotatable bonds is 2. The molecule has 0 aromatic carbocycles. The van der Waals surface area contributed by atoms with Crippen LogP contribution < -0.4 is 0 Å². The van der Waals surface area contributed by atoms with Gasteiger partial charge < -0.3 is 4.43 Å². The fraction of sp³-hybridized carbons (Fsp3) is 0.714. The Kier molecular flexibility index (Phi) is 3.27. The summed E-state index contributed by atoms with van der Waals surface area (Å²) in [6.07, 6.45) is 0. The van der Waals surface area contributed by atoms with Gasteiger partial charge in [0.15, 0.2) is 0 Å². The summed E-state index contributed by atoms with van der Waals surface area (Å²) in [7, 11) is -2.08. The highest BCUT2D eigenvalue weighted by atomic mass is 28.4. The van der Waals surface area contributed by atoms with Crippen LogP contribution in [0, 0.1) is 11.3 Å². The summed E-state index contributed by atoms with van der Waals surface area (Å²) in [6, 6.07) is 2.10. The quantitative estimate of drug-likeness (QED) is 0.594. The van der Waals surface area contributed by atoms with Crippen molar-refractivity contribution in [3.63, 3.8) is 0 Å². The standard InChI is InChI=1S/C7H13NO2Si/c1-6(5-8)11(3,4)10-7(2)9/h6H,1-4H3. The van der Waals surface area contributed by atoms with Crippen LogP contribution in [-0.4, -0.2) is 14.3 Å². The second-order valence-electron chi connectivity index (χ2n) is 3.05. The molecule has 3 nitrogen and oxygen atoms in total. The summed E-state index contributed by atoms with van der Waals surface area (Å²) in [5, 5.41) is 8.58. The van der Waals surface area contributed by atoms with E-state index < -0.39 is 8.32 Å². The minimum absolute atomic E-state index is 0.147. The average molecular weight is 171 g/mol. The van der Waals surface area contributed by atoms with E-state index in [-0.39, 0.29) is 11.5 Å². The first-order valence-electron chi connectivity index (χ1n) is 3.49. The van der Waals surface area contributed by atoms with Crippen molar-refractivity contribution in [2.24, 2.45) is 0 Å². The molecule has 0 bridgehead atoms. The molecular formula is C7H13NO2Si. The van der Waals surface area contributed by atoms with Gasteiger partial charge in [-0.15, -0.1) is 0 Å². The highest BCUT2D eigenvalue weighted by molar-refractivity contribution is 6.74. The number of carbonyl (C=O) groups is 1. The Morgan fingerprint density at radius 3 is 2.36 bits per heavy atom. The Bertz CT molecular complexity index is 195. The molecule has 0 aliphatic carbocycles. The summed E-state index contributed by atoms with van der Waals surface area (Å²) in [5.41, 5.74) is -0.147. The van der Waals surface area contributed by atoms with Gasteiger partial charge in [-0.3, -0.25) is 4.79 Å². The summed E-state index contributed by atoms with van der Waals surface area (Å²) >= 11 is 0. The first-order chi connectivity index (χ1) is 4.90. The maximum atomic E-state index is 10.6. The second kappa shape index (κ2) is 3.53. The molecule has 0 aromatic rings. The third kappa shape index (κ3) is 3.19. The van der Waals surface area contributed by atoms with E-state index in [9.17, 15) is 4.79 Å². The zero-order valence-electron chi connectivity index (χ0n) is 7.34. The Morgan fingerprint density at radius 2 is 2.09 bits per heavy atom. The van der Waals surface area contributed by atoms with Crippen LogP contribution in [0.4, 0.5) is 0 Å². The fourth-order valence-corrected chi connectivity index (χ4v) is 1.84. The third-order valence-corrected chi connectivity index (χ3v) is 4.67. The van der Waals surface area contributed by atoms with Crippen LogP contribution >= 0.6 is 0 Å². The first-order valence-corrected chi connectivity index (χ1v) is 6.48. The minimum Gasteiger partial charge on any atom is -0.518 e. The van der Waals surface area contributed by atoms with Crippen LogP contribution in [-0.2, 0) is 9.22 Å². The van der Waals surface area contributed by atoms with Crippen molar-refractivity contribution >= 4 is 14.3 Å². The Labute approximate surface area is 68.1 Å². The molecule has 1 atom stereocenters. The second-order valence-corrected chi connectivity index (χ2v) is 7.32. The smallest absolute Gasteiger partial charge is 0.289 e. The van der Waals surface area contributed by atoms with E-state index in [2.05, 4.69) is 6.07 Å². The lowest BCUT2D eigenvalue weighted by Gasteiger charge is -2.23. The number of hydrogen-bond acceptors (Lipinski definition) is 3. The summed E-state index contributed by atoms with van der Waals surface area (Å²) < 4.78 is 5.07. The van der Waals surface area contributed by atoms with Gasteiger partial charge in [-0.05, 0) is 20.0 Å². The molecule has 0 saturated carbocycles. The van der Waals surface area contributed by atoms with E-state index in [4.69, 9.17) is 9.69 Å². The van der Waals surface area contributed by atoms with Crippen molar-refractivity contribution in [3.05, 3.63) is 0 Å². The van der Waals surface area contributed by atoms with Gasteiger partial charge in [0.1, 0.15) is 0 Å². The lowest BCUT2D eigenvalue weighted by atomic mass is 10.5. The van der Waals surface area contributed by atoms with Crippen LogP contribution in [0.15, 0.2) is 0 Å². The van der Waals surface area contributed by atoms with Crippen LogP contribution in [0.25, 0.3) is 0 Å². The molecule has 0 aliphatic rings. The summed E-state index contributed by atoms with van der Waals surface area (Å²) in [4.78, 5) is 10.6. The molecule has 0 fully saturated rings. The van der Waals surface area contributed by atoms with Crippen LogP contribution in [0.5, 0.6) is 0 Å². The molecule has 0 spiro atoms. The van der Waals surface area contributed by atoms with Gasteiger partial charge in [0.25, 0.3) is 14.3 Å². The zero-order chi connectivity index (χ0) is 9.07. The molecule has 0 rings (SSSR count). The van der Waals surface area contributed by atoms with Gasteiger partial charge in [0.05, 0.1) is 11.6 Å². The SMILES string of the molecule is CC(=O)O[Si](C)(C)C(C)C#N. The van der Waals surface area contributed by atoms with E-state index in [1.165, 1.54) is 6.92 Å². The van der Waals surface area contributed by atoms with Gasteiger partial charge in [-0.25, -0.2) is 0 Å². The maximum absolute atomic E-state index is 10.6. The lowest BCUT2D eigenvalue weighted by Crippen LogP contribution is -2.36. The van der Waals surface area contributed by atoms with Crippen LogP contribution in [0.3, 0.4) is 0 Å². The number of hydrogen-bond donors (Lipinski definition) is 0. The topological polar surface area (TPSA) is 50.1 Å². The highest BCUT2D eigenvalue weighted by Gasteiger charge is 2.33. The zero-order valence-corrected chi connectivity index (χ0v) is 8.34. The van der Waals surface area contributed by atoms with E-state index in [1.54, 1.807) is 6.92 Å². The molecule has 0 saturated heterocycles. The van der Waals surface area contributed by atoms with Crippen LogP contribution in [0.1, 0.15) is 13.8 Å². The molecular weight excluding hydrogens is 158 g/mol. The largest absolute Gasteiger partial charge is 0.518 e. The number of nitrogens with zero attached hydrogens (tertiary/aromatic N) is 1. The highest BCUT2D eigenvalue weighted by Crippen LogP contribution is 2.21. The van der Waals surface area contributed by atoms with E-state index in [1.807, 2.05) is 13.1 Å². The number of carbonyl (C=O) groups excluding carboxylic acids is 1. The third-order valence-electron chi connectivity index (χ3n) is 1.64. The van der Waals surface area contributed by atoms with Gasteiger partial charge in [0, 0.05) is 6.92 Å². The Hall–Kier alpha value is -0.823. The van der Waals surface area contributed by atoms with Gasteiger partial charge in [0.2, 0.25) is 0 Å². The molecule has 62 valence electrons. The molecule has 1 unspecified atom stereocenters. The van der Waals surface area contributed by atoms with Crippen molar-refractivity contribution < 1.29 is 9.22 Å². The van der Waals surface area contributed by atoms with Gasteiger partial charge in [-0.1, -0.05) is 0 Å². The molecule has 0 aromatic heterocycles. The van der Waals surface area contributed by atoms with Crippen molar-refractivity contribution in [3.8, 4) is 6.07 Å². The average Bonchev–Trinajstić information content (AvgIpc) is 1.83. The van der Waals surface area contributed by atoms with Gasteiger partial charge >= 0.3 is 0 Å². The van der Waals surface area contributed by atoms with Crippen molar-refractivity contribution in [1.29, 1.82) is 5.26 Å². The first kappa shape index (κ1) is 10.2. The van der Waals surface area contributed by atoms with Gasteiger partial charge in [-0.2, -0.15) is 5.26 Å². The molecule has 11 heavy (non-hydrogen) atoms. The van der Waals surface area contributed by atoms with E-state index in [0.29, 0.717) is 0 Å². The Morgan fingerprint density at radius 1 is 1.64 bits per heavy atom.